The zero-order valence-corrected chi connectivity index (χ0v) is 6.09. The van der Waals surface area contributed by atoms with Gasteiger partial charge in [-0.1, -0.05) is 6.92 Å². The van der Waals surface area contributed by atoms with E-state index in [0.29, 0.717) is 13.8 Å². The van der Waals surface area contributed by atoms with E-state index >= 15 is 0 Å². The van der Waals surface area contributed by atoms with Crippen molar-refractivity contribution in [2.24, 2.45) is 5.92 Å². The lowest BCUT2D eigenvalue weighted by molar-refractivity contribution is -0.145. The molecule has 0 saturated carbocycles. The summed E-state index contributed by atoms with van der Waals surface area (Å²) in [6.45, 7) is 1.82. The second-order valence-corrected chi connectivity index (χ2v) is 2.63. The van der Waals surface area contributed by atoms with Crippen molar-refractivity contribution in [3.8, 4) is 0 Å². The molecule has 0 amide bonds. The number of hydrogen-bond donors (Lipinski definition) is 0. The molecule has 4 heteroatoms. The van der Waals surface area contributed by atoms with E-state index in [0.717, 1.165) is 6.92 Å². The van der Waals surface area contributed by atoms with E-state index in [9.17, 15) is 17.6 Å². The maximum atomic E-state index is 12.1. The Morgan fingerprint density at radius 2 is 1.10 bits per heavy atom. The molecule has 10 heavy (non-hydrogen) atoms. The summed E-state index contributed by atoms with van der Waals surface area (Å²) in [5, 5.41) is 0. The molecule has 0 aliphatic rings. The van der Waals surface area contributed by atoms with E-state index in [4.69, 9.17) is 0 Å². The van der Waals surface area contributed by atoms with Gasteiger partial charge in [-0.05, 0) is 13.8 Å². The Morgan fingerprint density at radius 1 is 0.900 bits per heavy atom. The summed E-state index contributed by atoms with van der Waals surface area (Å²) >= 11 is 0. The predicted molar refractivity (Wildman–Crippen MR) is 30.4 cm³/mol. The minimum absolute atomic E-state index is 0.495. The molecule has 0 aliphatic carbocycles. The molecule has 62 valence electrons. The Morgan fingerprint density at radius 3 is 1.10 bits per heavy atom. The lowest BCUT2D eigenvalue weighted by Crippen LogP contribution is -2.35. The van der Waals surface area contributed by atoms with Crippen molar-refractivity contribution >= 4 is 0 Å². The largest absolute Gasteiger partial charge is 0.253 e. The van der Waals surface area contributed by atoms with E-state index in [1.54, 1.807) is 0 Å². The highest BCUT2D eigenvalue weighted by atomic mass is 19.3. The topological polar surface area (TPSA) is 0 Å². The van der Waals surface area contributed by atoms with E-state index in [1.807, 2.05) is 0 Å². The van der Waals surface area contributed by atoms with Crippen molar-refractivity contribution in [1.29, 1.82) is 0 Å². The summed E-state index contributed by atoms with van der Waals surface area (Å²) in [7, 11) is 0. The van der Waals surface area contributed by atoms with Crippen molar-refractivity contribution in [1.82, 2.24) is 0 Å². The maximum absolute atomic E-state index is 12.1. The van der Waals surface area contributed by atoms with Gasteiger partial charge in [-0.3, -0.25) is 0 Å². The number of hydrogen-bond acceptors (Lipinski definition) is 0. The molecule has 0 rings (SSSR count). The lowest BCUT2D eigenvalue weighted by Gasteiger charge is -2.24. The predicted octanol–water partition coefficient (Wildman–Crippen LogP) is 2.93. The molecule has 0 aliphatic heterocycles. The summed E-state index contributed by atoms with van der Waals surface area (Å²) in [4.78, 5) is 0. The van der Waals surface area contributed by atoms with Crippen LogP contribution in [0.25, 0.3) is 0 Å². The second kappa shape index (κ2) is 2.40. The highest BCUT2D eigenvalue weighted by Gasteiger charge is 2.45. The first-order valence-electron chi connectivity index (χ1n) is 2.91. The van der Waals surface area contributed by atoms with Crippen LogP contribution in [0.3, 0.4) is 0 Å². The molecule has 0 heterocycles. The van der Waals surface area contributed by atoms with Gasteiger partial charge >= 0.3 is 0 Å². The van der Waals surface area contributed by atoms with Gasteiger partial charge in [0.1, 0.15) is 0 Å². The zero-order chi connectivity index (χ0) is 8.58. The van der Waals surface area contributed by atoms with E-state index in [1.165, 1.54) is 0 Å². The normalized spacial score (nSPS) is 14.4. The van der Waals surface area contributed by atoms with Crippen LogP contribution in [0.5, 0.6) is 0 Å². The summed E-state index contributed by atoms with van der Waals surface area (Å²) in [6.07, 6.45) is 0. The molecule has 0 aromatic rings. The first-order chi connectivity index (χ1) is 4.15. The molecule has 0 radical (unpaired) electrons. The Bertz CT molecular complexity index is 93.9. The standard InChI is InChI=1S/C6H10F4/c1-4(5(2,7)8)6(3,9)10/h4H,1-3H3. The average molecular weight is 158 g/mol. The zero-order valence-electron chi connectivity index (χ0n) is 6.09. The Labute approximate surface area is 57.2 Å². The van der Waals surface area contributed by atoms with Crippen LogP contribution >= 0.6 is 0 Å². The van der Waals surface area contributed by atoms with Crippen molar-refractivity contribution in [3.63, 3.8) is 0 Å². The van der Waals surface area contributed by atoms with E-state index < -0.39 is 17.8 Å². The van der Waals surface area contributed by atoms with Gasteiger partial charge < -0.3 is 0 Å². The van der Waals surface area contributed by atoms with E-state index in [2.05, 4.69) is 0 Å². The van der Waals surface area contributed by atoms with Crippen molar-refractivity contribution < 1.29 is 17.6 Å². The molecular weight excluding hydrogens is 148 g/mol. The highest BCUT2D eigenvalue weighted by molar-refractivity contribution is 4.78. The molecule has 0 N–H and O–H groups in total. The van der Waals surface area contributed by atoms with Gasteiger partial charge in [-0.15, -0.1) is 0 Å². The van der Waals surface area contributed by atoms with Crippen LogP contribution in [-0.2, 0) is 0 Å². The van der Waals surface area contributed by atoms with E-state index in [-0.39, 0.29) is 0 Å². The Balaban J connectivity index is 4.23. The molecule has 0 bridgehead atoms. The minimum Gasteiger partial charge on any atom is -0.207 e. The molecule has 0 saturated heterocycles. The smallest absolute Gasteiger partial charge is 0.207 e. The summed E-state index contributed by atoms with van der Waals surface area (Å²) in [6, 6.07) is 0. The van der Waals surface area contributed by atoms with Gasteiger partial charge in [0.15, 0.2) is 0 Å². The summed E-state index contributed by atoms with van der Waals surface area (Å²) < 4.78 is 48.5. The lowest BCUT2D eigenvalue weighted by atomic mass is 9.99. The first-order valence-corrected chi connectivity index (χ1v) is 2.91. The number of halogens is 4. The molecule has 0 atom stereocenters. The van der Waals surface area contributed by atoms with Crippen LogP contribution in [-0.4, -0.2) is 11.8 Å². The van der Waals surface area contributed by atoms with Crippen LogP contribution < -0.4 is 0 Å². The van der Waals surface area contributed by atoms with Crippen molar-refractivity contribution in [3.05, 3.63) is 0 Å². The molecule has 0 aromatic heterocycles. The molecular formula is C6H10F4. The first kappa shape index (κ1) is 9.72. The fourth-order valence-electron chi connectivity index (χ4n) is 0.445. The number of rotatable bonds is 2. The third-order valence-corrected chi connectivity index (χ3v) is 1.52. The minimum atomic E-state index is -3.31. The van der Waals surface area contributed by atoms with Gasteiger partial charge in [0.25, 0.3) is 11.8 Å². The van der Waals surface area contributed by atoms with Crippen molar-refractivity contribution in [2.75, 3.05) is 0 Å². The molecule has 0 aromatic carbocycles. The fraction of sp³-hybridized carbons (Fsp3) is 1.00. The second-order valence-electron chi connectivity index (χ2n) is 2.63. The monoisotopic (exact) mass is 158 g/mol. The Kier molecular flexibility index (Phi) is 2.33. The average Bonchev–Trinajstić information content (AvgIpc) is 1.59. The van der Waals surface area contributed by atoms with Gasteiger partial charge in [0, 0.05) is 0 Å². The van der Waals surface area contributed by atoms with Gasteiger partial charge in [0.05, 0.1) is 5.92 Å². The quantitative estimate of drug-likeness (QED) is 0.542. The summed E-state index contributed by atoms with van der Waals surface area (Å²) in [5.41, 5.74) is 0. The third-order valence-electron chi connectivity index (χ3n) is 1.52. The summed E-state index contributed by atoms with van der Waals surface area (Å²) in [5.74, 6) is -8.52. The Hall–Kier alpha value is -0.280. The van der Waals surface area contributed by atoms with Gasteiger partial charge in [-0.2, -0.15) is 0 Å². The molecule has 0 unspecified atom stereocenters. The third kappa shape index (κ3) is 2.54. The van der Waals surface area contributed by atoms with Crippen LogP contribution in [0.1, 0.15) is 20.8 Å². The molecule has 0 spiro atoms. The SMILES string of the molecule is CC(C(C)(F)F)C(C)(F)F. The molecule has 0 nitrogen and oxygen atoms in total. The van der Waals surface area contributed by atoms with Crippen molar-refractivity contribution in [2.45, 2.75) is 32.6 Å². The van der Waals surface area contributed by atoms with Crippen LogP contribution in [0.2, 0.25) is 0 Å². The van der Waals surface area contributed by atoms with Gasteiger partial charge in [-0.25, -0.2) is 17.6 Å². The maximum Gasteiger partial charge on any atom is 0.253 e. The fourth-order valence-corrected chi connectivity index (χ4v) is 0.445. The van der Waals surface area contributed by atoms with Crippen LogP contribution in [0, 0.1) is 5.92 Å². The van der Waals surface area contributed by atoms with Crippen LogP contribution in [0.15, 0.2) is 0 Å². The van der Waals surface area contributed by atoms with Crippen LogP contribution in [0.4, 0.5) is 17.6 Å². The number of alkyl halides is 4. The van der Waals surface area contributed by atoms with Gasteiger partial charge in [0.2, 0.25) is 0 Å². The highest BCUT2D eigenvalue weighted by Crippen LogP contribution is 2.35. The molecule has 0 fully saturated rings.